The van der Waals surface area contributed by atoms with Gasteiger partial charge < -0.3 is 4.57 Å². The summed E-state index contributed by atoms with van der Waals surface area (Å²) in [4.78, 5) is 16.1. The summed E-state index contributed by atoms with van der Waals surface area (Å²) >= 11 is 0. The highest BCUT2D eigenvalue weighted by Crippen LogP contribution is 2.42. The molecule has 0 aliphatic heterocycles. The molecule has 3 aromatic heterocycles. The van der Waals surface area contributed by atoms with Gasteiger partial charge in [0.2, 0.25) is 0 Å². The zero-order chi connectivity index (χ0) is 41.7. The van der Waals surface area contributed by atoms with Crippen molar-refractivity contribution in [3.05, 3.63) is 231 Å². The van der Waals surface area contributed by atoms with E-state index in [4.69, 9.17) is 15.0 Å². The van der Waals surface area contributed by atoms with E-state index in [-0.39, 0.29) is 0 Å². The van der Waals surface area contributed by atoms with Gasteiger partial charge in [0.1, 0.15) is 0 Å². The van der Waals surface area contributed by atoms with Crippen molar-refractivity contribution in [3.8, 4) is 73.1 Å². The summed E-state index contributed by atoms with van der Waals surface area (Å²) in [6.07, 6.45) is 0. The predicted octanol–water partition coefficient (Wildman–Crippen LogP) is 15.3. The lowest BCUT2D eigenvalue weighted by atomic mass is 9.94. The minimum atomic E-state index is 0.665. The summed E-state index contributed by atoms with van der Waals surface area (Å²) in [7, 11) is 0. The molecule has 0 atom stereocenters. The summed E-state index contributed by atoms with van der Waals surface area (Å²) in [6.45, 7) is 0. The van der Waals surface area contributed by atoms with Crippen LogP contribution in [0.5, 0.6) is 0 Å². The van der Waals surface area contributed by atoms with Crippen LogP contribution in [0, 0.1) is 0 Å². The highest BCUT2D eigenvalue weighted by Gasteiger charge is 2.20. The summed E-state index contributed by atoms with van der Waals surface area (Å²) < 4.78 is 2.39. The van der Waals surface area contributed by atoms with Crippen molar-refractivity contribution in [1.82, 2.24) is 19.5 Å². The zero-order valence-corrected chi connectivity index (χ0v) is 34.2. The lowest BCUT2D eigenvalue weighted by Crippen LogP contribution is -1.97. The summed E-state index contributed by atoms with van der Waals surface area (Å²) in [6, 6.07) is 81.4. The van der Waals surface area contributed by atoms with Crippen LogP contribution < -0.4 is 0 Å². The number of benzene rings is 9. The second kappa shape index (κ2) is 15.2. The molecule has 0 saturated heterocycles. The SMILES string of the molecule is c1ccc(-c2cccc(-c3cc(-c4ccccc4)nc(-c4cccc(-c5cccc6c5nc(-c5ccccc5)c5cc7c8ccccc8n(-c8ccccc8)c7cc56)c4)n3)c2)cc1. The Labute approximate surface area is 365 Å². The average Bonchev–Trinajstić information content (AvgIpc) is 3.69. The molecule has 0 bridgehead atoms. The molecule has 0 unspecified atom stereocenters. The third-order valence-corrected chi connectivity index (χ3v) is 12.2. The molecule has 3 heterocycles. The van der Waals surface area contributed by atoms with Gasteiger partial charge in [-0.1, -0.05) is 182 Å². The first-order valence-corrected chi connectivity index (χ1v) is 21.4. The van der Waals surface area contributed by atoms with Gasteiger partial charge >= 0.3 is 0 Å². The number of pyridine rings is 1. The fourth-order valence-electron chi connectivity index (χ4n) is 9.19. The molecule has 9 aromatic carbocycles. The van der Waals surface area contributed by atoms with E-state index in [0.29, 0.717) is 5.82 Å². The van der Waals surface area contributed by atoms with Gasteiger partial charge in [-0.3, -0.25) is 0 Å². The number of fused-ring (bicyclic) bond motifs is 6. The van der Waals surface area contributed by atoms with Crippen molar-refractivity contribution in [2.45, 2.75) is 0 Å². The number of nitrogens with zero attached hydrogens (tertiary/aromatic N) is 4. The van der Waals surface area contributed by atoms with E-state index in [9.17, 15) is 0 Å². The highest BCUT2D eigenvalue weighted by molar-refractivity contribution is 6.21. The molecular formula is C59H38N4. The molecule has 0 radical (unpaired) electrons. The highest BCUT2D eigenvalue weighted by atomic mass is 15.0. The predicted molar refractivity (Wildman–Crippen MR) is 262 cm³/mol. The molecule has 0 spiro atoms. The lowest BCUT2D eigenvalue weighted by molar-refractivity contribution is 1.18. The van der Waals surface area contributed by atoms with Crippen molar-refractivity contribution in [2.24, 2.45) is 0 Å². The third kappa shape index (κ3) is 6.44. The second-order valence-corrected chi connectivity index (χ2v) is 16.0. The second-order valence-electron chi connectivity index (χ2n) is 16.0. The van der Waals surface area contributed by atoms with Gasteiger partial charge in [-0.05, 0) is 70.6 Å². The summed E-state index contributed by atoms with van der Waals surface area (Å²) in [5.41, 5.74) is 15.6. The smallest absolute Gasteiger partial charge is 0.160 e. The van der Waals surface area contributed by atoms with E-state index in [1.807, 2.05) is 12.1 Å². The van der Waals surface area contributed by atoms with Crippen molar-refractivity contribution < 1.29 is 0 Å². The van der Waals surface area contributed by atoms with E-state index in [0.717, 1.165) is 88.9 Å². The normalized spacial score (nSPS) is 11.5. The number of para-hydroxylation sites is 3. The van der Waals surface area contributed by atoms with E-state index >= 15 is 0 Å². The van der Waals surface area contributed by atoms with Crippen molar-refractivity contribution in [1.29, 1.82) is 0 Å². The van der Waals surface area contributed by atoms with Crippen molar-refractivity contribution in [3.63, 3.8) is 0 Å². The molecule has 0 saturated carbocycles. The van der Waals surface area contributed by atoms with Crippen LogP contribution in [-0.4, -0.2) is 19.5 Å². The molecule has 0 N–H and O–H groups in total. The Balaban J connectivity index is 1.06. The third-order valence-electron chi connectivity index (χ3n) is 12.2. The molecule has 12 aromatic rings. The van der Waals surface area contributed by atoms with E-state index in [2.05, 4.69) is 223 Å². The quantitative estimate of drug-likeness (QED) is 0.151. The summed E-state index contributed by atoms with van der Waals surface area (Å²) in [5, 5.41) is 5.80. The molecule has 4 nitrogen and oxygen atoms in total. The zero-order valence-electron chi connectivity index (χ0n) is 34.2. The van der Waals surface area contributed by atoms with Crippen molar-refractivity contribution >= 4 is 43.5 Å². The van der Waals surface area contributed by atoms with Gasteiger partial charge in [-0.2, -0.15) is 0 Å². The molecule has 0 aliphatic rings. The van der Waals surface area contributed by atoms with Gasteiger partial charge in [0.05, 0.1) is 33.6 Å². The van der Waals surface area contributed by atoms with Gasteiger partial charge in [0.15, 0.2) is 5.82 Å². The van der Waals surface area contributed by atoms with E-state index in [1.165, 1.54) is 21.9 Å². The molecule has 63 heavy (non-hydrogen) atoms. The number of hydrogen-bond donors (Lipinski definition) is 0. The fourth-order valence-corrected chi connectivity index (χ4v) is 9.19. The minimum absolute atomic E-state index is 0.665. The largest absolute Gasteiger partial charge is 0.309 e. The van der Waals surface area contributed by atoms with E-state index < -0.39 is 0 Å². The number of hydrogen-bond acceptors (Lipinski definition) is 3. The van der Waals surface area contributed by atoms with Crippen LogP contribution in [0.1, 0.15) is 0 Å². The standard InChI is InChI=1S/C59H38N4/c1-5-18-39(19-6-1)42-24-15-26-44(34-42)54-38-53(40-20-7-2-8-21-40)60-59(61-54)45-27-16-25-43(35-45)47-31-17-32-49-50-37-56-51(36-52(50)57(62-58(47)49)41-22-9-3-10-23-41)48-30-13-14-33-55(48)63(56)46-28-11-4-12-29-46/h1-38H. The molecule has 0 amide bonds. The van der Waals surface area contributed by atoms with Crippen LogP contribution in [0.25, 0.3) is 117 Å². The Bertz CT molecular complexity index is 3650. The van der Waals surface area contributed by atoms with Gasteiger partial charge in [0, 0.05) is 55.0 Å². The Morgan fingerprint density at radius 2 is 0.841 bits per heavy atom. The van der Waals surface area contributed by atoms with Crippen LogP contribution in [0.4, 0.5) is 0 Å². The van der Waals surface area contributed by atoms with Gasteiger partial charge in [-0.15, -0.1) is 0 Å². The monoisotopic (exact) mass is 802 g/mol. The van der Waals surface area contributed by atoms with Crippen LogP contribution in [-0.2, 0) is 0 Å². The van der Waals surface area contributed by atoms with Crippen LogP contribution >= 0.6 is 0 Å². The average molecular weight is 803 g/mol. The van der Waals surface area contributed by atoms with Crippen LogP contribution in [0.2, 0.25) is 0 Å². The number of aromatic nitrogens is 4. The fraction of sp³-hybridized carbons (Fsp3) is 0. The molecule has 4 heteroatoms. The lowest BCUT2D eigenvalue weighted by Gasteiger charge is -2.15. The molecule has 0 aliphatic carbocycles. The Hall–Kier alpha value is -8.47. The van der Waals surface area contributed by atoms with Gasteiger partial charge in [0.25, 0.3) is 0 Å². The van der Waals surface area contributed by atoms with Crippen LogP contribution in [0.15, 0.2) is 231 Å². The number of rotatable bonds is 7. The maximum Gasteiger partial charge on any atom is 0.160 e. The van der Waals surface area contributed by atoms with E-state index in [1.54, 1.807) is 0 Å². The van der Waals surface area contributed by atoms with Crippen molar-refractivity contribution in [2.75, 3.05) is 0 Å². The topological polar surface area (TPSA) is 43.6 Å². The van der Waals surface area contributed by atoms with Gasteiger partial charge in [-0.25, -0.2) is 15.0 Å². The maximum atomic E-state index is 5.61. The first-order valence-electron chi connectivity index (χ1n) is 21.4. The molecule has 0 fully saturated rings. The Morgan fingerprint density at radius 3 is 1.60 bits per heavy atom. The first-order chi connectivity index (χ1) is 31.2. The maximum absolute atomic E-state index is 5.61. The molecule has 294 valence electrons. The molecular weight excluding hydrogens is 765 g/mol. The first kappa shape index (κ1) is 36.4. The Morgan fingerprint density at radius 1 is 0.286 bits per heavy atom. The summed E-state index contributed by atoms with van der Waals surface area (Å²) in [5.74, 6) is 0.665. The minimum Gasteiger partial charge on any atom is -0.309 e. The van der Waals surface area contributed by atoms with Crippen LogP contribution in [0.3, 0.4) is 0 Å². The molecule has 12 rings (SSSR count). The Kier molecular flexibility index (Phi) is 8.79.